The molecular weight excluding hydrogens is 935 g/mol. The maximum absolute atomic E-state index is 14.3. The number of anilines is 2. The molecule has 22 heteroatoms. The van der Waals surface area contributed by atoms with Gasteiger partial charge in [-0.3, -0.25) is 24.0 Å². The lowest BCUT2D eigenvalue weighted by molar-refractivity contribution is -0.133. The lowest BCUT2D eigenvalue weighted by Gasteiger charge is -2.42. The lowest BCUT2D eigenvalue weighted by atomic mass is 9.68. The highest BCUT2D eigenvalue weighted by molar-refractivity contribution is 5.98. The number of fused-ring (bicyclic) bond motifs is 4. The minimum Gasteiger partial charge on any atom is -0.379 e. The second-order valence-corrected chi connectivity index (χ2v) is 19.1. The van der Waals surface area contributed by atoms with Crippen molar-refractivity contribution in [2.75, 3.05) is 50.1 Å². The van der Waals surface area contributed by atoms with Gasteiger partial charge in [0.15, 0.2) is 17.5 Å². The summed E-state index contributed by atoms with van der Waals surface area (Å²) in [5.41, 5.74) is 14.0. The van der Waals surface area contributed by atoms with Crippen molar-refractivity contribution in [3.63, 3.8) is 0 Å². The number of hydroxylamine groups is 1. The number of urea groups is 1. The Morgan fingerprint density at radius 2 is 1.69 bits per heavy atom. The Labute approximate surface area is 420 Å². The summed E-state index contributed by atoms with van der Waals surface area (Å²) in [5.74, 6) is -0.365. The summed E-state index contributed by atoms with van der Waals surface area (Å²) < 4.78 is 39.1. The van der Waals surface area contributed by atoms with Crippen molar-refractivity contribution < 1.29 is 47.1 Å². The number of hydrogen-bond acceptors (Lipinski definition) is 13. The normalized spacial score (nSPS) is 16.5. The molecule has 11 N–H and O–H groups in total. The molecule has 20 nitrogen and oxygen atoms in total. The average molecular weight is 1010 g/mol. The number of aromatic nitrogens is 4. The van der Waals surface area contributed by atoms with Gasteiger partial charge in [0, 0.05) is 54.0 Å². The maximum Gasteiger partial charge on any atom is 0.312 e. The Hall–Kier alpha value is -6.36. The molecule has 6 amide bonds. The summed E-state index contributed by atoms with van der Waals surface area (Å²) in [6.07, 6.45) is 12.7. The fourth-order valence-corrected chi connectivity index (χ4v) is 7.97. The molecular formula is C50H74F2N12O8. The van der Waals surface area contributed by atoms with Gasteiger partial charge in [-0.15, -0.1) is 0 Å². The van der Waals surface area contributed by atoms with Crippen LogP contribution in [0.15, 0.2) is 48.9 Å². The van der Waals surface area contributed by atoms with Crippen LogP contribution in [0.3, 0.4) is 0 Å². The van der Waals surface area contributed by atoms with Crippen LogP contribution in [0.4, 0.5) is 25.1 Å². The number of ether oxygens (including phenoxy) is 2. The predicted molar refractivity (Wildman–Crippen MR) is 270 cm³/mol. The van der Waals surface area contributed by atoms with E-state index in [0.717, 1.165) is 24.1 Å². The number of carbonyl (C=O) groups excluding carboxylic acids is 5. The number of rotatable bonds is 25. The van der Waals surface area contributed by atoms with E-state index in [1.54, 1.807) is 44.3 Å². The lowest BCUT2D eigenvalue weighted by Crippen LogP contribution is -2.49. The number of primary amides is 1. The number of carbonyl (C=O) groups is 5. The SMILES string of the molecule is CC(C)(CN)OCCOCCC(C)(C)C(=O)NCC(=O)NC(CCCNC(N)=O)C(=O)Nc1ccc(CONC=O)cc1.CCC.Fc1cnc2[nH]cc(-c3ncc(F)c(NC4CC5CCC4CC5)n3)c2c1. The molecule has 1 aromatic carbocycles. The van der Waals surface area contributed by atoms with Gasteiger partial charge < -0.3 is 52.5 Å². The average Bonchev–Trinajstić information content (AvgIpc) is 3.78. The first-order valence-electron chi connectivity index (χ1n) is 24.5. The van der Waals surface area contributed by atoms with Gasteiger partial charge in [0.25, 0.3) is 0 Å². The molecule has 3 saturated carbocycles. The Morgan fingerprint density at radius 3 is 2.35 bits per heavy atom. The summed E-state index contributed by atoms with van der Waals surface area (Å²) in [6.45, 7) is 13.0. The quantitative estimate of drug-likeness (QED) is 0.0218. The predicted octanol–water partition coefficient (Wildman–Crippen LogP) is 5.74. The summed E-state index contributed by atoms with van der Waals surface area (Å²) >= 11 is 0. The van der Waals surface area contributed by atoms with Crippen molar-refractivity contribution in [1.29, 1.82) is 0 Å². The van der Waals surface area contributed by atoms with E-state index in [2.05, 4.69) is 65.8 Å². The number of hydrogen-bond donors (Lipinski definition) is 9. The first kappa shape index (κ1) is 58.2. The highest BCUT2D eigenvalue weighted by Crippen LogP contribution is 2.42. The third-order valence-electron chi connectivity index (χ3n) is 12.2. The van der Waals surface area contributed by atoms with Crippen molar-refractivity contribution in [2.24, 2.45) is 28.7 Å². The molecule has 2 bridgehead atoms. The third-order valence-corrected chi connectivity index (χ3v) is 12.2. The van der Waals surface area contributed by atoms with Crippen molar-refractivity contribution in [2.45, 2.75) is 124 Å². The molecule has 0 aliphatic heterocycles. The van der Waals surface area contributed by atoms with Crippen LogP contribution in [0.5, 0.6) is 0 Å². The van der Waals surface area contributed by atoms with E-state index in [4.69, 9.17) is 25.8 Å². The summed E-state index contributed by atoms with van der Waals surface area (Å²) in [4.78, 5) is 80.1. The molecule has 3 aliphatic carbocycles. The molecule has 3 aliphatic rings. The molecule has 3 aromatic heterocycles. The van der Waals surface area contributed by atoms with Crippen LogP contribution < -0.4 is 43.5 Å². The number of pyridine rings is 1. The van der Waals surface area contributed by atoms with E-state index in [0.29, 0.717) is 79.6 Å². The van der Waals surface area contributed by atoms with E-state index in [1.165, 1.54) is 44.4 Å². The Bertz CT molecular complexity index is 2340. The standard InChI is InChI=1S/C28H47N7O8.C19H19F2N5.C3H8/c1-27(2,11-13-41-14-15-42-28(3,4)18-29)25(39)32-16-23(37)35-22(6-5-12-31-26(30)40)24(38)34-21-9-7-20(8-10-21)17-43-33-19-36;20-12-6-13-14(8-23-17(13)22-7-12)18-24-9-15(21)19(26-18)25-16-5-10-1-3-11(16)4-2-10;1-3-2/h7-10,19,22H,5-6,11-18,29H2,1-4H3,(H,32,39)(H,33,36)(H,34,38)(H,35,37)(H3,30,31,40);6-11,16H,1-5H2,(H,22,23)(H,24,25,26);3H2,1-2H3. The number of amides is 6. The molecule has 2 atom stereocenters. The highest BCUT2D eigenvalue weighted by Gasteiger charge is 2.36. The second kappa shape index (κ2) is 29.2. The van der Waals surface area contributed by atoms with Crippen LogP contribution in [0, 0.1) is 28.9 Å². The topological polar surface area (TPSA) is 292 Å². The van der Waals surface area contributed by atoms with Gasteiger partial charge in [0.05, 0.1) is 44.4 Å². The monoisotopic (exact) mass is 1010 g/mol. The summed E-state index contributed by atoms with van der Waals surface area (Å²) in [5, 5.41) is 14.3. The van der Waals surface area contributed by atoms with Crippen molar-refractivity contribution in [3.8, 4) is 11.4 Å². The van der Waals surface area contributed by atoms with Gasteiger partial charge in [-0.25, -0.2) is 34.0 Å². The fourth-order valence-electron chi connectivity index (χ4n) is 7.97. The van der Waals surface area contributed by atoms with Gasteiger partial charge in [-0.1, -0.05) is 59.1 Å². The Kier molecular flexibility index (Phi) is 23.6. The van der Waals surface area contributed by atoms with Gasteiger partial charge in [-0.2, -0.15) is 0 Å². The number of nitrogens with one attached hydrogen (secondary N) is 7. The van der Waals surface area contributed by atoms with Crippen LogP contribution in [-0.2, 0) is 40.1 Å². The zero-order valence-corrected chi connectivity index (χ0v) is 42.3. The van der Waals surface area contributed by atoms with E-state index in [1.807, 2.05) is 13.8 Å². The van der Waals surface area contributed by atoms with E-state index >= 15 is 0 Å². The van der Waals surface area contributed by atoms with Crippen LogP contribution in [0.25, 0.3) is 22.4 Å². The zero-order chi connectivity index (χ0) is 52.7. The first-order chi connectivity index (χ1) is 34.4. The Balaban J connectivity index is 0.000000325. The molecule has 3 fully saturated rings. The molecule has 0 spiro atoms. The Morgan fingerprint density at radius 1 is 0.972 bits per heavy atom. The summed E-state index contributed by atoms with van der Waals surface area (Å²) in [6, 6.07) is 6.69. The molecule has 396 valence electrons. The van der Waals surface area contributed by atoms with Crippen molar-refractivity contribution >= 4 is 52.7 Å². The number of nitrogens with two attached hydrogens (primary N) is 2. The number of halogens is 2. The second-order valence-electron chi connectivity index (χ2n) is 19.1. The number of aromatic amines is 1. The smallest absolute Gasteiger partial charge is 0.312 e. The largest absolute Gasteiger partial charge is 0.379 e. The molecule has 4 aromatic rings. The van der Waals surface area contributed by atoms with Crippen molar-refractivity contribution in [3.05, 3.63) is 66.1 Å². The van der Waals surface area contributed by atoms with E-state index in [-0.39, 0.29) is 43.9 Å². The minimum absolute atomic E-state index is 0.136. The van der Waals surface area contributed by atoms with E-state index < -0.39 is 46.5 Å². The number of benzene rings is 1. The fraction of sp³-hybridized carbons (Fsp3) is 0.560. The van der Waals surface area contributed by atoms with Gasteiger partial charge >= 0.3 is 6.03 Å². The van der Waals surface area contributed by atoms with Crippen LogP contribution in [0.2, 0.25) is 0 Å². The molecule has 7 rings (SSSR count). The van der Waals surface area contributed by atoms with Crippen molar-refractivity contribution in [1.82, 2.24) is 41.4 Å². The molecule has 0 saturated heterocycles. The van der Waals surface area contributed by atoms with Crippen LogP contribution >= 0.6 is 0 Å². The third kappa shape index (κ3) is 19.3. The molecule has 0 radical (unpaired) electrons. The minimum atomic E-state index is -0.952. The molecule has 2 unspecified atom stereocenters. The number of H-pyrrole nitrogens is 1. The van der Waals surface area contributed by atoms with E-state index in [9.17, 15) is 32.8 Å². The number of nitrogens with zero attached hydrogens (tertiary/aromatic N) is 3. The zero-order valence-electron chi connectivity index (χ0n) is 42.3. The van der Waals surface area contributed by atoms with Gasteiger partial charge in [0.1, 0.15) is 17.5 Å². The molecule has 3 heterocycles. The van der Waals surface area contributed by atoms with Gasteiger partial charge in [0.2, 0.25) is 24.1 Å². The highest BCUT2D eigenvalue weighted by atomic mass is 19.1. The first-order valence-corrected chi connectivity index (χ1v) is 24.5. The summed E-state index contributed by atoms with van der Waals surface area (Å²) in [7, 11) is 0. The molecule has 72 heavy (non-hydrogen) atoms. The van der Waals surface area contributed by atoms with Gasteiger partial charge in [-0.05, 0) is 88.0 Å². The van der Waals surface area contributed by atoms with Crippen LogP contribution in [-0.4, -0.2) is 107 Å². The van der Waals surface area contributed by atoms with Crippen LogP contribution in [0.1, 0.15) is 105 Å². The maximum atomic E-state index is 14.3.